The molecular formula is C21H24N2O5. The van der Waals surface area contributed by atoms with Crippen molar-refractivity contribution in [1.82, 2.24) is 5.43 Å². The number of nitrogens with zero attached hydrogens (tertiary/aromatic N) is 1. The first-order chi connectivity index (χ1) is 13.7. The van der Waals surface area contributed by atoms with Crippen LogP contribution >= 0.6 is 0 Å². The Morgan fingerprint density at radius 3 is 2.64 bits per heavy atom. The SMILES string of the molecule is CCOc1ccc(/C=N/NC(=O)Cc2ccc3c(c2)OCCO3)c(OCC)c1. The van der Waals surface area contributed by atoms with Crippen LogP contribution in [0.1, 0.15) is 25.0 Å². The topological polar surface area (TPSA) is 78.4 Å². The highest BCUT2D eigenvalue weighted by Crippen LogP contribution is 2.30. The van der Waals surface area contributed by atoms with E-state index in [4.69, 9.17) is 18.9 Å². The number of carbonyl (C=O) groups is 1. The number of fused-ring (bicyclic) bond motifs is 1. The Morgan fingerprint density at radius 2 is 1.86 bits per heavy atom. The molecule has 148 valence electrons. The highest BCUT2D eigenvalue weighted by molar-refractivity contribution is 5.86. The first-order valence-electron chi connectivity index (χ1n) is 9.29. The fraction of sp³-hybridized carbons (Fsp3) is 0.333. The number of carbonyl (C=O) groups excluding carboxylic acids is 1. The Morgan fingerprint density at radius 1 is 1.07 bits per heavy atom. The number of hydrogen-bond donors (Lipinski definition) is 1. The highest BCUT2D eigenvalue weighted by atomic mass is 16.6. The van der Waals surface area contributed by atoms with Gasteiger partial charge in [0.25, 0.3) is 0 Å². The third-order valence-electron chi connectivity index (χ3n) is 3.96. The van der Waals surface area contributed by atoms with Crippen LogP contribution in [0.3, 0.4) is 0 Å². The summed E-state index contributed by atoms with van der Waals surface area (Å²) in [5.74, 6) is 2.52. The number of ether oxygens (including phenoxy) is 4. The minimum Gasteiger partial charge on any atom is -0.494 e. The maximum Gasteiger partial charge on any atom is 0.244 e. The molecule has 1 aliphatic heterocycles. The van der Waals surface area contributed by atoms with Crippen molar-refractivity contribution in [3.05, 3.63) is 47.5 Å². The summed E-state index contributed by atoms with van der Waals surface area (Å²) in [6.07, 6.45) is 1.75. The maximum absolute atomic E-state index is 12.2. The molecule has 1 N–H and O–H groups in total. The van der Waals surface area contributed by atoms with Gasteiger partial charge in [-0.3, -0.25) is 4.79 Å². The van der Waals surface area contributed by atoms with E-state index in [0.717, 1.165) is 16.9 Å². The van der Waals surface area contributed by atoms with E-state index in [9.17, 15) is 4.79 Å². The van der Waals surface area contributed by atoms with Gasteiger partial charge in [0.1, 0.15) is 24.7 Å². The lowest BCUT2D eigenvalue weighted by Crippen LogP contribution is -2.20. The molecule has 28 heavy (non-hydrogen) atoms. The summed E-state index contributed by atoms with van der Waals surface area (Å²) >= 11 is 0. The van der Waals surface area contributed by atoms with E-state index in [1.54, 1.807) is 6.21 Å². The maximum atomic E-state index is 12.2. The molecule has 2 aromatic carbocycles. The van der Waals surface area contributed by atoms with E-state index >= 15 is 0 Å². The minimum atomic E-state index is -0.225. The van der Waals surface area contributed by atoms with Crippen molar-refractivity contribution in [2.45, 2.75) is 20.3 Å². The van der Waals surface area contributed by atoms with Crippen LogP contribution in [0.4, 0.5) is 0 Å². The van der Waals surface area contributed by atoms with E-state index in [1.165, 1.54) is 0 Å². The Bertz CT molecular complexity index is 851. The Hall–Kier alpha value is -3.22. The van der Waals surface area contributed by atoms with Crippen LogP contribution in [0.25, 0.3) is 0 Å². The molecule has 0 unspecified atom stereocenters. The Kier molecular flexibility index (Phi) is 6.73. The van der Waals surface area contributed by atoms with Crippen molar-refractivity contribution in [3.8, 4) is 23.0 Å². The van der Waals surface area contributed by atoms with Gasteiger partial charge in [-0.05, 0) is 43.7 Å². The number of nitrogens with one attached hydrogen (secondary N) is 1. The Balaban J connectivity index is 1.60. The van der Waals surface area contributed by atoms with Gasteiger partial charge in [-0.1, -0.05) is 6.07 Å². The molecule has 7 heteroatoms. The monoisotopic (exact) mass is 384 g/mol. The van der Waals surface area contributed by atoms with E-state index < -0.39 is 0 Å². The largest absolute Gasteiger partial charge is 0.494 e. The molecule has 3 rings (SSSR count). The number of hydrogen-bond acceptors (Lipinski definition) is 6. The lowest BCUT2D eigenvalue weighted by atomic mass is 10.1. The van der Waals surface area contributed by atoms with Crippen LogP contribution in [0.5, 0.6) is 23.0 Å². The number of benzene rings is 2. The lowest BCUT2D eigenvalue weighted by molar-refractivity contribution is -0.120. The van der Waals surface area contributed by atoms with Gasteiger partial charge >= 0.3 is 0 Å². The predicted molar refractivity (Wildman–Crippen MR) is 106 cm³/mol. The summed E-state index contributed by atoms with van der Waals surface area (Å²) in [5.41, 5.74) is 4.12. The van der Waals surface area contributed by atoms with E-state index in [1.807, 2.05) is 50.2 Å². The zero-order valence-electron chi connectivity index (χ0n) is 16.1. The van der Waals surface area contributed by atoms with Crippen molar-refractivity contribution >= 4 is 12.1 Å². The first-order valence-corrected chi connectivity index (χ1v) is 9.29. The molecule has 7 nitrogen and oxygen atoms in total. The van der Waals surface area contributed by atoms with E-state index in [2.05, 4.69) is 10.5 Å². The summed E-state index contributed by atoms with van der Waals surface area (Å²) in [4.78, 5) is 12.2. The number of amides is 1. The van der Waals surface area contributed by atoms with Gasteiger partial charge in [0.2, 0.25) is 5.91 Å². The van der Waals surface area contributed by atoms with Crippen molar-refractivity contribution in [2.75, 3.05) is 26.4 Å². The van der Waals surface area contributed by atoms with Crippen LogP contribution < -0.4 is 24.4 Å². The molecule has 0 atom stereocenters. The summed E-state index contributed by atoms with van der Waals surface area (Å²) < 4.78 is 22.1. The molecular weight excluding hydrogens is 360 g/mol. The van der Waals surface area contributed by atoms with Crippen molar-refractivity contribution in [1.29, 1.82) is 0 Å². The Labute approximate surface area is 164 Å². The fourth-order valence-corrected chi connectivity index (χ4v) is 2.75. The lowest BCUT2D eigenvalue weighted by Gasteiger charge is -2.18. The van der Waals surface area contributed by atoms with Crippen molar-refractivity contribution < 1.29 is 23.7 Å². The second-order valence-electron chi connectivity index (χ2n) is 6.01. The second-order valence-corrected chi connectivity index (χ2v) is 6.01. The van der Waals surface area contributed by atoms with E-state index in [0.29, 0.717) is 43.7 Å². The van der Waals surface area contributed by atoms with Gasteiger partial charge in [0.05, 0.1) is 25.8 Å². The zero-order valence-corrected chi connectivity index (χ0v) is 16.1. The number of rotatable bonds is 8. The summed E-state index contributed by atoms with van der Waals surface area (Å²) in [6.45, 7) is 5.98. The fourth-order valence-electron chi connectivity index (χ4n) is 2.75. The van der Waals surface area contributed by atoms with Crippen LogP contribution in [0.2, 0.25) is 0 Å². The van der Waals surface area contributed by atoms with Crippen LogP contribution in [0, 0.1) is 0 Å². The van der Waals surface area contributed by atoms with Crippen LogP contribution in [0.15, 0.2) is 41.5 Å². The average Bonchev–Trinajstić information content (AvgIpc) is 2.70. The second kappa shape index (κ2) is 9.64. The third kappa shape index (κ3) is 5.16. The quantitative estimate of drug-likeness (QED) is 0.559. The zero-order chi connectivity index (χ0) is 19.8. The van der Waals surface area contributed by atoms with Crippen molar-refractivity contribution in [3.63, 3.8) is 0 Å². The molecule has 0 fully saturated rings. The van der Waals surface area contributed by atoms with Gasteiger partial charge in [-0.2, -0.15) is 5.10 Å². The molecule has 1 heterocycles. The predicted octanol–water partition coefficient (Wildman–Crippen LogP) is 2.95. The van der Waals surface area contributed by atoms with Crippen molar-refractivity contribution in [2.24, 2.45) is 5.10 Å². The third-order valence-corrected chi connectivity index (χ3v) is 3.96. The smallest absolute Gasteiger partial charge is 0.244 e. The summed E-state index contributed by atoms with van der Waals surface area (Å²) in [7, 11) is 0. The van der Waals surface area contributed by atoms with E-state index in [-0.39, 0.29) is 12.3 Å². The minimum absolute atomic E-state index is 0.190. The van der Waals surface area contributed by atoms with Crippen LogP contribution in [-0.4, -0.2) is 38.5 Å². The molecule has 0 bridgehead atoms. The molecule has 1 amide bonds. The normalized spacial score (nSPS) is 12.6. The molecule has 0 saturated carbocycles. The first kappa shape index (κ1) is 19.5. The highest BCUT2D eigenvalue weighted by Gasteiger charge is 2.13. The summed E-state index contributed by atoms with van der Waals surface area (Å²) in [6, 6.07) is 11.0. The van der Waals surface area contributed by atoms with Gasteiger partial charge in [-0.25, -0.2) is 5.43 Å². The van der Waals surface area contributed by atoms with Gasteiger partial charge < -0.3 is 18.9 Å². The molecule has 0 radical (unpaired) electrons. The van der Waals surface area contributed by atoms with Gasteiger partial charge in [-0.15, -0.1) is 0 Å². The molecule has 1 aliphatic rings. The average molecular weight is 384 g/mol. The molecule has 0 saturated heterocycles. The molecule has 2 aromatic rings. The number of hydrazone groups is 1. The summed E-state index contributed by atoms with van der Waals surface area (Å²) in [5, 5.41) is 4.04. The van der Waals surface area contributed by atoms with Gasteiger partial charge in [0.15, 0.2) is 11.5 Å². The van der Waals surface area contributed by atoms with Crippen LogP contribution in [-0.2, 0) is 11.2 Å². The van der Waals surface area contributed by atoms with Gasteiger partial charge in [0, 0.05) is 11.6 Å². The molecule has 0 aliphatic carbocycles. The molecule has 0 spiro atoms. The standard InChI is InChI=1S/C21H24N2O5/c1-3-25-17-7-6-16(19(13-17)26-4-2)14-22-23-21(24)12-15-5-8-18-20(11-15)28-10-9-27-18/h5-8,11,13-14H,3-4,9-10,12H2,1-2H3,(H,23,24)/b22-14+. The molecule has 0 aromatic heterocycles.